The minimum absolute atomic E-state index is 0.0584. The average molecular weight is 429 g/mol. The highest BCUT2D eigenvalue weighted by atomic mass is 16.2. The lowest BCUT2D eigenvalue weighted by atomic mass is 9.88. The van der Waals surface area contributed by atoms with Gasteiger partial charge >= 0.3 is 6.03 Å². The molecule has 0 spiro atoms. The maximum absolute atomic E-state index is 12.5. The first-order valence-corrected chi connectivity index (χ1v) is 11.6. The summed E-state index contributed by atoms with van der Waals surface area (Å²) in [6.07, 6.45) is 7.48. The highest BCUT2D eigenvalue weighted by Gasteiger charge is 2.27. The lowest BCUT2D eigenvalue weighted by Crippen LogP contribution is -2.48. The molecule has 7 nitrogen and oxygen atoms in total. The molecule has 0 unspecified atom stereocenters. The molecule has 1 aromatic carbocycles. The summed E-state index contributed by atoms with van der Waals surface area (Å²) in [6.45, 7) is 2.18. The molecule has 1 aromatic rings. The Labute approximate surface area is 185 Å². The molecule has 7 heteroatoms. The van der Waals surface area contributed by atoms with Crippen molar-refractivity contribution >= 4 is 17.8 Å². The van der Waals surface area contributed by atoms with Crippen molar-refractivity contribution in [2.45, 2.75) is 64.0 Å². The molecule has 1 aliphatic carbocycles. The number of piperidine rings is 1. The standard InChI is InChI=1S/C24H36N4O3/c1-27(18-19-8-4-2-5-9-19)24(31)25-15-12-22(29)28-16-13-21(14-17-28)26-23(30)20-10-6-3-7-11-20/h2,4-5,8-9,20-21H,3,6-7,10-18H2,1H3,(H,25,31)(H,26,30). The van der Waals surface area contributed by atoms with Gasteiger partial charge in [0.25, 0.3) is 0 Å². The fourth-order valence-electron chi connectivity index (χ4n) is 4.46. The van der Waals surface area contributed by atoms with Gasteiger partial charge in [-0.3, -0.25) is 9.59 Å². The Morgan fingerprint density at radius 1 is 1.00 bits per heavy atom. The van der Waals surface area contributed by atoms with E-state index >= 15 is 0 Å². The van der Waals surface area contributed by atoms with Gasteiger partial charge in [0.2, 0.25) is 11.8 Å². The van der Waals surface area contributed by atoms with E-state index in [1.165, 1.54) is 6.42 Å². The van der Waals surface area contributed by atoms with E-state index in [1.807, 2.05) is 35.2 Å². The summed E-state index contributed by atoms with van der Waals surface area (Å²) in [4.78, 5) is 40.6. The highest BCUT2D eigenvalue weighted by molar-refractivity contribution is 5.79. The Bertz CT molecular complexity index is 726. The molecule has 3 rings (SSSR count). The summed E-state index contributed by atoms with van der Waals surface area (Å²) in [6, 6.07) is 9.80. The number of hydrogen-bond donors (Lipinski definition) is 2. The Balaban J connectivity index is 1.30. The predicted octanol–water partition coefficient (Wildman–Crippen LogP) is 2.91. The highest BCUT2D eigenvalue weighted by Crippen LogP contribution is 2.24. The molecule has 0 aromatic heterocycles. The van der Waals surface area contributed by atoms with E-state index in [4.69, 9.17) is 0 Å². The van der Waals surface area contributed by atoms with E-state index in [1.54, 1.807) is 11.9 Å². The molecule has 31 heavy (non-hydrogen) atoms. The second-order valence-corrected chi connectivity index (χ2v) is 8.82. The van der Waals surface area contributed by atoms with Crippen LogP contribution in [0.25, 0.3) is 0 Å². The Morgan fingerprint density at radius 2 is 1.68 bits per heavy atom. The van der Waals surface area contributed by atoms with Crippen molar-refractivity contribution in [2.75, 3.05) is 26.7 Å². The lowest BCUT2D eigenvalue weighted by Gasteiger charge is -2.33. The number of nitrogens with zero attached hydrogens (tertiary/aromatic N) is 2. The molecule has 2 fully saturated rings. The van der Waals surface area contributed by atoms with Crippen LogP contribution in [0.15, 0.2) is 30.3 Å². The van der Waals surface area contributed by atoms with Gasteiger partial charge in [0.1, 0.15) is 0 Å². The number of rotatable bonds is 7. The zero-order valence-corrected chi connectivity index (χ0v) is 18.6. The van der Waals surface area contributed by atoms with Crippen molar-refractivity contribution in [3.8, 4) is 0 Å². The molecule has 1 aliphatic heterocycles. The molecule has 0 radical (unpaired) electrons. The Hall–Kier alpha value is -2.57. The van der Waals surface area contributed by atoms with Gasteiger partial charge in [-0.25, -0.2) is 4.79 Å². The van der Waals surface area contributed by atoms with Crippen LogP contribution in [-0.2, 0) is 16.1 Å². The van der Waals surface area contributed by atoms with Crippen LogP contribution in [-0.4, -0.2) is 60.4 Å². The van der Waals surface area contributed by atoms with Crippen molar-refractivity contribution in [3.05, 3.63) is 35.9 Å². The van der Waals surface area contributed by atoms with Crippen molar-refractivity contribution in [2.24, 2.45) is 5.92 Å². The summed E-state index contributed by atoms with van der Waals surface area (Å²) >= 11 is 0. The number of nitrogens with one attached hydrogen (secondary N) is 2. The predicted molar refractivity (Wildman–Crippen MR) is 120 cm³/mol. The number of benzene rings is 1. The third-order valence-electron chi connectivity index (χ3n) is 6.39. The Kier molecular flexibility index (Phi) is 8.74. The van der Waals surface area contributed by atoms with E-state index in [-0.39, 0.29) is 29.8 Å². The molecular formula is C24H36N4O3. The van der Waals surface area contributed by atoms with Crippen LogP contribution in [0.1, 0.15) is 56.9 Å². The van der Waals surface area contributed by atoms with Crippen LogP contribution in [0.4, 0.5) is 4.79 Å². The number of amides is 4. The van der Waals surface area contributed by atoms with Gasteiger partial charge in [-0.15, -0.1) is 0 Å². The van der Waals surface area contributed by atoms with Crippen LogP contribution < -0.4 is 10.6 Å². The van der Waals surface area contributed by atoms with Crippen molar-refractivity contribution < 1.29 is 14.4 Å². The van der Waals surface area contributed by atoms with Gasteiger partial charge in [-0.2, -0.15) is 0 Å². The summed E-state index contributed by atoms with van der Waals surface area (Å²) < 4.78 is 0. The first kappa shape index (κ1) is 23.1. The lowest BCUT2D eigenvalue weighted by molar-refractivity contribution is -0.132. The molecule has 0 bridgehead atoms. The van der Waals surface area contributed by atoms with Gasteiger partial charge < -0.3 is 20.4 Å². The molecule has 0 atom stereocenters. The fourth-order valence-corrected chi connectivity index (χ4v) is 4.46. The van der Waals surface area contributed by atoms with Crippen molar-refractivity contribution in [1.29, 1.82) is 0 Å². The molecular weight excluding hydrogens is 392 g/mol. The molecule has 170 valence electrons. The second kappa shape index (κ2) is 11.7. The number of hydrogen-bond acceptors (Lipinski definition) is 3. The number of likely N-dealkylation sites (tertiary alicyclic amines) is 1. The van der Waals surface area contributed by atoms with Gasteiger partial charge in [0, 0.05) is 51.6 Å². The van der Waals surface area contributed by atoms with E-state index < -0.39 is 0 Å². The topological polar surface area (TPSA) is 81.8 Å². The third kappa shape index (κ3) is 7.26. The maximum Gasteiger partial charge on any atom is 0.317 e. The minimum atomic E-state index is -0.180. The maximum atomic E-state index is 12.5. The van der Waals surface area contributed by atoms with Gasteiger partial charge in [0.15, 0.2) is 0 Å². The average Bonchev–Trinajstić information content (AvgIpc) is 2.80. The molecule has 1 saturated carbocycles. The fraction of sp³-hybridized carbons (Fsp3) is 0.625. The van der Waals surface area contributed by atoms with Crippen LogP contribution >= 0.6 is 0 Å². The Morgan fingerprint density at radius 3 is 2.35 bits per heavy atom. The minimum Gasteiger partial charge on any atom is -0.353 e. The van der Waals surface area contributed by atoms with E-state index in [9.17, 15) is 14.4 Å². The molecule has 1 heterocycles. The van der Waals surface area contributed by atoms with Gasteiger partial charge in [-0.1, -0.05) is 49.6 Å². The zero-order valence-electron chi connectivity index (χ0n) is 18.6. The van der Waals surface area contributed by atoms with Crippen molar-refractivity contribution in [1.82, 2.24) is 20.4 Å². The molecule has 2 aliphatic rings. The van der Waals surface area contributed by atoms with Crippen LogP contribution in [0.3, 0.4) is 0 Å². The quantitative estimate of drug-likeness (QED) is 0.701. The largest absolute Gasteiger partial charge is 0.353 e. The van der Waals surface area contributed by atoms with E-state index in [2.05, 4.69) is 10.6 Å². The number of urea groups is 1. The van der Waals surface area contributed by atoms with E-state index in [0.717, 1.165) is 44.1 Å². The second-order valence-electron chi connectivity index (χ2n) is 8.82. The van der Waals surface area contributed by atoms with Crippen LogP contribution in [0.2, 0.25) is 0 Å². The number of carbonyl (C=O) groups excluding carboxylic acids is 3. The molecule has 1 saturated heterocycles. The first-order chi connectivity index (χ1) is 15.0. The molecule has 2 N–H and O–H groups in total. The number of carbonyl (C=O) groups is 3. The SMILES string of the molecule is CN(Cc1ccccc1)C(=O)NCCC(=O)N1CCC(NC(=O)C2CCCCC2)CC1. The van der Waals surface area contributed by atoms with Gasteiger partial charge in [0.05, 0.1) is 0 Å². The molecule has 4 amide bonds. The summed E-state index contributed by atoms with van der Waals surface area (Å²) in [5.41, 5.74) is 1.06. The monoisotopic (exact) mass is 428 g/mol. The smallest absolute Gasteiger partial charge is 0.317 e. The summed E-state index contributed by atoms with van der Waals surface area (Å²) in [5, 5.41) is 6.03. The third-order valence-corrected chi connectivity index (χ3v) is 6.39. The van der Waals surface area contributed by atoms with Crippen molar-refractivity contribution in [3.63, 3.8) is 0 Å². The van der Waals surface area contributed by atoms with Crippen LogP contribution in [0, 0.1) is 5.92 Å². The van der Waals surface area contributed by atoms with E-state index in [0.29, 0.717) is 32.6 Å². The van der Waals surface area contributed by atoms with Crippen LogP contribution in [0.5, 0.6) is 0 Å². The first-order valence-electron chi connectivity index (χ1n) is 11.6. The summed E-state index contributed by atoms with van der Waals surface area (Å²) in [5.74, 6) is 0.437. The zero-order chi connectivity index (χ0) is 22.1. The normalized spacial score (nSPS) is 17.8. The summed E-state index contributed by atoms with van der Waals surface area (Å²) in [7, 11) is 1.75. The van der Waals surface area contributed by atoms with Gasteiger partial charge in [-0.05, 0) is 31.2 Å².